The third kappa shape index (κ3) is 3.48. The summed E-state index contributed by atoms with van der Waals surface area (Å²) in [6.45, 7) is 5.09. The molecule has 4 N–H and O–H groups in total. The van der Waals surface area contributed by atoms with E-state index in [0.717, 1.165) is 0 Å². The van der Waals surface area contributed by atoms with Crippen molar-refractivity contribution in [3.8, 4) is 5.75 Å². The van der Waals surface area contributed by atoms with E-state index in [9.17, 15) is 14.7 Å². The fraction of sp³-hybridized carbons (Fsp3) is 0.385. The average Bonchev–Trinajstić information content (AvgIpc) is 2.18. The van der Waals surface area contributed by atoms with Crippen LogP contribution in [0.4, 0.5) is 0 Å². The van der Waals surface area contributed by atoms with Crippen molar-refractivity contribution in [2.24, 2.45) is 5.73 Å². The summed E-state index contributed by atoms with van der Waals surface area (Å²) in [4.78, 5) is 22.9. The van der Waals surface area contributed by atoms with E-state index in [0.29, 0.717) is 11.1 Å². The highest BCUT2D eigenvalue weighted by atomic mass is 16.3. The van der Waals surface area contributed by atoms with Gasteiger partial charge in [0.1, 0.15) is 5.75 Å². The van der Waals surface area contributed by atoms with Gasteiger partial charge in [0, 0.05) is 23.1 Å². The minimum atomic E-state index is -0.721. The number of hydrogen-bond donors (Lipinski definition) is 3. The Morgan fingerprint density at radius 3 is 2.56 bits per heavy atom. The molecule has 0 heterocycles. The first-order chi connectivity index (χ1) is 8.23. The fourth-order valence-corrected chi connectivity index (χ4v) is 1.72. The molecular weight excluding hydrogens is 232 g/mol. The van der Waals surface area contributed by atoms with Crippen LogP contribution in [0, 0.1) is 6.92 Å². The zero-order chi connectivity index (χ0) is 13.9. The molecule has 0 saturated heterocycles. The van der Waals surface area contributed by atoms with Gasteiger partial charge in [-0.15, -0.1) is 0 Å². The number of amides is 2. The molecule has 0 spiro atoms. The number of carbonyl (C=O) groups excluding carboxylic acids is 2. The standard InChI is InChI=1S/C13H18N2O3/c1-8-9(5-4-6-10(8)16)12(18)15-13(2,3)7-11(14)17/h4-6,16H,7H2,1-3H3,(H2,14,17)(H,15,18). The predicted octanol–water partition coefficient (Wildman–Crippen LogP) is 1.08. The van der Waals surface area contributed by atoms with Gasteiger partial charge in [0.05, 0.1) is 0 Å². The van der Waals surface area contributed by atoms with Gasteiger partial charge in [-0.2, -0.15) is 0 Å². The summed E-state index contributed by atoms with van der Waals surface area (Å²) >= 11 is 0. The lowest BCUT2D eigenvalue weighted by molar-refractivity contribution is -0.119. The molecule has 0 fully saturated rings. The molecule has 0 atom stereocenters. The van der Waals surface area contributed by atoms with Crippen LogP contribution in [-0.4, -0.2) is 22.5 Å². The second-order valence-electron chi connectivity index (χ2n) is 4.93. The fourth-order valence-electron chi connectivity index (χ4n) is 1.72. The van der Waals surface area contributed by atoms with E-state index in [1.165, 1.54) is 6.07 Å². The highest BCUT2D eigenvalue weighted by molar-refractivity contribution is 5.97. The molecule has 1 aromatic rings. The van der Waals surface area contributed by atoms with Crippen molar-refractivity contribution in [1.29, 1.82) is 0 Å². The van der Waals surface area contributed by atoms with Crippen molar-refractivity contribution in [3.63, 3.8) is 0 Å². The first-order valence-corrected chi connectivity index (χ1v) is 5.62. The smallest absolute Gasteiger partial charge is 0.252 e. The molecular formula is C13H18N2O3. The third-order valence-corrected chi connectivity index (χ3v) is 2.62. The van der Waals surface area contributed by atoms with E-state index in [2.05, 4.69) is 5.32 Å². The van der Waals surface area contributed by atoms with Crippen LogP contribution in [0.2, 0.25) is 0 Å². The lowest BCUT2D eigenvalue weighted by Crippen LogP contribution is -2.46. The molecule has 1 rings (SSSR count). The Balaban J connectivity index is 2.89. The van der Waals surface area contributed by atoms with E-state index >= 15 is 0 Å². The van der Waals surface area contributed by atoms with Gasteiger partial charge in [-0.3, -0.25) is 9.59 Å². The van der Waals surface area contributed by atoms with Crippen LogP contribution in [0.25, 0.3) is 0 Å². The molecule has 98 valence electrons. The lowest BCUT2D eigenvalue weighted by atomic mass is 9.98. The summed E-state index contributed by atoms with van der Waals surface area (Å²) < 4.78 is 0. The van der Waals surface area contributed by atoms with Crippen LogP contribution in [0.15, 0.2) is 18.2 Å². The van der Waals surface area contributed by atoms with Crippen LogP contribution in [0.1, 0.15) is 36.2 Å². The highest BCUT2D eigenvalue weighted by Gasteiger charge is 2.24. The number of rotatable bonds is 4. The molecule has 0 aliphatic rings. The van der Waals surface area contributed by atoms with Gasteiger partial charge in [-0.05, 0) is 32.9 Å². The summed E-state index contributed by atoms with van der Waals surface area (Å²) in [5, 5.41) is 12.3. The second-order valence-corrected chi connectivity index (χ2v) is 4.93. The Morgan fingerprint density at radius 2 is 2.00 bits per heavy atom. The number of hydrogen-bond acceptors (Lipinski definition) is 3. The number of nitrogens with two attached hydrogens (primary N) is 1. The van der Waals surface area contributed by atoms with Crippen LogP contribution in [0.5, 0.6) is 5.75 Å². The van der Waals surface area contributed by atoms with Gasteiger partial charge >= 0.3 is 0 Å². The monoisotopic (exact) mass is 250 g/mol. The Morgan fingerprint density at radius 1 is 1.39 bits per heavy atom. The number of aromatic hydroxyl groups is 1. The first kappa shape index (κ1) is 14.0. The quantitative estimate of drug-likeness (QED) is 0.746. The summed E-state index contributed by atoms with van der Waals surface area (Å²) in [5.74, 6) is -0.752. The maximum absolute atomic E-state index is 12.0. The molecule has 5 heteroatoms. The molecule has 0 aromatic heterocycles. The Hall–Kier alpha value is -2.04. The largest absolute Gasteiger partial charge is 0.508 e. The van der Waals surface area contributed by atoms with Crippen molar-refractivity contribution < 1.29 is 14.7 Å². The van der Waals surface area contributed by atoms with Crippen LogP contribution in [-0.2, 0) is 4.79 Å². The highest BCUT2D eigenvalue weighted by Crippen LogP contribution is 2.20. The molecule has 0 unspecified atom stereocenters. The zero-order valence-electron chi connectivity index (χ0n) is 10.8. The number of nitrogens with one attached hydrogen (secondary N) is 1. The molecule has 0 aliphatic carbocycles. The number of primary amides is 1. The van der Waals surface area contributed by atoms with Crippen molar-refractivity contribution in [1.82, 2.24) is 5.32 Å². The summed E-state index contributed by atoms with van der Waals surface area (Å²) in [5.41, 5.74) is 5.28. The van der Waals surface area contributed by atoms with Crippen LogP contribution >= 0.6 is 0 Å². The molecule has 0 saturated carbocycles. The molecule has 1 aromatic carbocycles. The molecule has 5 nitrogen and oxygen atoms in total. The number of benzene rings is 1. The van der Waals surface area contributed by atoms with Gasteiger partial charge < -0.3 is 16.2 Å². The predicted molar refractivity (Wildman–Crippen MR) is 68.2 cm³/mol. The summed E-state index contributed by atoms with van der Waals surface area (Å²) in [6.07, 6.45) is 0.0522. The Bertz CT molecular complexity index is 481. The minimum absolute atomic E-state index is 0.0522. The lowest BCUT2D eigenvalue weighted by Gasteiger charge is -2.25. The maximum atomic E-state index is 12.0. The van der Waals surface area contributed by atoms with E-state index < -0.39 is 11.4 Å². The molecule has 0 radical (unpaired) electrons. The van der Waals surface area contributed by atoms with Gasteiger partial charge in [0.15, 0.2) is 0 Å². The van der Waals surface area contributed by atoms with Crippen molar-refractivity contribution in [3.05, 3.63) is 29.3 Å². The normalized spacial score (nSPS) is 11.1. The van der Waals surface area contributed by atoms with Crippen molar-refractivity contribution in [2.45, 2.75) is 32.7 Å². The molecule has 0 aliphatic heterocycles. The van der Waals surface area contributed by atoms with Crippen molar-refractivity contribution >= 4 is 11.8 Å². The Labute approximate surface area is 106 Å². The number of carbonyl (C=O) groups is 2. The van der Waals surface area contributed by atoms with E-state index in [-0.39, 0.29) is 18.1 Å². The first-order valence-electron chi connectivity index (χ1n) is 5.62. The number of phenolic OH excluding ortho intramolecular Hbond substituents is 1. The van der Waals surface area contributed by atoms with Gasteiger partial charge in [-0.25, -0.2) is 0 Å². The van der Waals surface area contributed by atoms with E-state index in [4.69, 9.17) is 5.73 Å². The van der Waals surface area contributed by atoms with Gasteiger partial charge in [-0.1, -0.05) is 6.07 Å². The topological polar surface area (TPSA) is 92.4 Å². The Kier molecular flexibility index (Phi) is 3.96. The molecule has 2 amide bonds. The summed E-state index contributed by atoms with van der Waals surface area (Å²) in [7, 11) is 0. The van der Waals surface area contributed by atoms with E-state index in [1.54, 1.807) is 32.9 Å². The minimum Gasteiger partial charge on any atom is -0.508 e. The van der Waals surface area contributed by atoms with E-state index in [1.807, 2.05) is 0 Å². The third-order valence-electron chi connectivity index (χ3n) is 2.62. The van der Waals surface area contributed by atoms with Gasteiger partial charge in [0.2, 0.25) is 5.91 Å². The van der Waals surface area contributed by atoms with Crippen LogP contribution in [0.3, 0.4) is 0 Å². The SMILES string of the molecule is Cc1c(O)cccc1C(=O)NC(C)(C)CC(N)=O. The maximum Gasteiger partial charge on any atom is 0.252 e. The van der Waals surface area contributed by atoms with Gasteiger partial charge in [0.25, 0.3) is 5.91 Å². The molecule has 0 bridgehead atoms. The van der Waals surface area contributed by atoms with Crippen LogP contribution < -0.4 is 11.1 Å². The molecule has 18 heavy (non-hydrogen) atoms. The zero-order valence-corrected chi connectivity index (χ0v) is 10.8. The second kappa shape index (κ2) is 5.08. The average molecular weight is 250 g/mol. The number of phenols is 1. The van der Waals surface area contributed by atoms with Crippen molar-refractivity contribution in [2.75, 3.05) is 0 Å². The summed E-state index contributed by atoms with van der Waals surface area (Å²) in [6, 6.07) is 4.73.